The third-order valence-electron chi connectivity index (χ3n) is 5.56. The number of aromatic nitrogens is 1. The number of nitrogens with zero attached hydrogens (tertiary/aromatic N) is 2. The highest BCUT2D eigenvalue weighted by Gasteiger charge is 2.34. The summed E-state index contributed by atoms with van der Waals surface area (Å²) in [5.74, 6) is 0.0108. The molecule has 0 radical (unpaired) electrons. The predicted octanol–water partition coefficient (Wildman–Crippen LogP) is 2.80. The molecule has 2 atom stereocenters. The van der Waals surface area contributed by atoms with E-state index in [4.69, 9.17) is 9.47 Å². The molecule has 1 saturated heterocycles. The van der Waals surface area contributed by atoms with Crippen molar-refractivity contribution in [2.24, 2.45) is 0 Å². The summed E-state index contributed by atoms with van der Waals surface area (Å²) in [6, 6.07) is 17.0. The van der Waals surface area contributed by atoms with Crippen molar-refractivity contribution in [1.29, 1.82) is 0 Å². The minimum Gasteiger partial charge on any atom is -0.496 e. The summed E-state index contributed by atoms with van der Waals surface area (Å²) in [7, 11) is 1.51. The quantitative estimate of drug-likeness (QED) is 0.578. The van der Waals surface area contributed by atoms with Crippen molar-refractivity contribution in [3.63, 3.8) is 0 Å². The SMILES string of the molecule is COc1ccccc1C(=O)Nc1ccc([C@@H](O)[C@H]2COCC(=O)N2Cc2ccncc2)cc1. The number of carbonyl (C=O) groups excluding carboxylic acids is 2. The van der Waals surface area contributed by atoms with Crippen LogP contribution in [0.5, 0.6) is 5.75 Å². The number of anilines is 1. The van der Waals surface area contributed by atoms with Crippen LogP contribution in [-0.4, -0.2) is 53.2 Å². The number of ether oxygens (including phenoxy) is 2. The molecule has 8 nitrogen and oxygen atoms in total. The number of amides is 2. The number of aliphatic hydroxyl groups is 1. The summed E-state index contributed by atoms with van der Waals surface area (Å²) in [6.07, 6.45) is 2.39. The molecule has 2 amide bonds. The molecule has 0 spiro atoms. The van der Waals surface area contributed by atoms with E-state index < -0.39 is 12.1 Å². The number of benzene rings is 2. The maximum Gasteiger partial charge on any atom is 0.259 e. The molecular weight excluding hydrogens is 422 g/mol. The molecule has 3 aromatic rings. The third-order valence-corrected chi connectivity index (χ3v) is 5.56. The average Bonchev–Trinajstić information content (AvgIpc) is 2.86. The van der Waals surface area contributed by atoms with Crippen LogP contribution >= 0.6 is 0 Å². The Labute approximate surface area is 191 Å². The van der Waals surface area contributed by atoms with Crippen LogP contribution in [0.3, 0.4) is 0 Å². The fraction of sp³-hybridized carbons (Fsp3) is 0.240. The van der Waals surface area contributed by atoms with Gasteiger partial charge in [0.2, 0.25) is 5.91 Å². The fourth-order valence-corrected chi connectivity index (χ4v) is 3.79. The first-order valence-corrected chi connectivity index (χ1v) is 10.6. The Kier molecular flexibility index (Phi) is 6.97. The molecule has 1 aromatic heterocycles. The van der Waals surface area contributed by atoms with Crippen molar-refractivity contribution < 1.29 is 24.2 Å². The van der Waals surface area contributed by atoms with Crippen LogP contribution < -0.4 is 10.1 Å². The van der Waals surface area contributed by atoms with Gasteiger partial charge in [0.25, 0.3) is 5.91 Å². The van der Waals surface area contributed by atoms with Gasteiger partial charge in [-0.25, -0.2) is 0 Å². The zero-order valence-corrected chi connectivity index (χ0v) is 18.2. The van der Waals surface area contributed by atoms with Crippen LogP contribution in [0, 0.1) is 0 Å². The molecule has 2 heterocycles. The Hall–Kier alpha value is -3.75. The van der Waals surface area contributed by atoms with Crippen molar-refractivity contribution in [3.05, 3.63) is 89.7 Å². The van der Waals surface area contributed by atoms with Gasteiger partial charge in [-0.1, -0.05) is 24.3 Å². The number of hydrogen-bond acceptors (Lipinski definition) is 6. The molecular formula is C25H25N3O5. The Morgan fingerprint density at radius 2 is 1.91 bits per heavy atom. The Bertz CT molecular complexity index is 1100. The van der Waals surface area contributed by atoms with Crippen molar-refractivity contribution in [2.75, 3.05) is 25.6 Å². The molecule has 1 fully saturated rings. The van der Waals surface area contributed by atoms with Crippen LogP contribution in [0.15, 0.2) is 73.1 Å². The van der Waals surface area contributed by atoms with Gasteiger partial charge in [0.05, 0.1) is 25.3 Å². The molecule has 1 aliphatic heterocycles. The van der Waals surface area contributed by atoms with Crippen LogP contribution in [0.1, 0.15) is 27.6 Å². The Balaban J connectivity index is 1.47. The first kappa shape index (κ1) is 22.4. The monoisotopic (exact) mass is 447 g/mol. The molecule has 8 heteroatoms. The maximum atomic E-state index is 12.6. The maximum absolute atomic E-state index is 12.6. The topological polar surface area (TPSA) is 101 Å². The van der Waals surface area contributed by atoms with Crippen LogP contribution in [-0.2, 0) is 16.1 Å². The van der Waals surface area contributed by atoms with E-state index in [1.807, 2.05) is 12.1 Å². The second kappa shape index (κ2) is 10.2. The molecule has 0 bridgehead atoms. The lowest BCUT2D eigenvalue weighted by Crippen LogP contribution is -2.51. The highest BCUT2D eigenvalue weighted by Crippen LogP contribution is 2.27. The smallest absolute Gasteiger partial charge is 0.259 e. The molecule has 0 aliphatic carbocycles. The molecule has 4 rings (SSSR count). The Morgan fingerprint density at radius 1 is 1.18 bits per heavy atom. The van der Waals surface area contributed by atoms with E-state index in [0.29, 0.717) is 29.1 Å². The first-order chi connectivity index (χ1) is 16.1. The number of carbonyl (C=O) groups is 2. The second-order valence-corrected chi connectivity index (χ2v) is 7.68. The number of hydrogen-bond donors (Lipinski definition) is 2. The van der Waals surface area contributed by atoms with Crippen molar-refractivity contribution in [2.45, 2.75) is 18.7 Å². The number of para-hydroxylation sites is 1. The summed E-state index contributed by atoms with van der Waals surface area (Å²) in [6.45, 7) is 0.575. The summed E-state index contributed by atoms with van der Waals surface area (Å²) < 4.78 is 10.7. The molecule has 2 aromatic carbocycles. The van der Waals surface area contributed by atoms with E-state index in [1.165, 1.54) is 7.11 Å². The minimum atomic E-state index is -0.949. The average molecular weight is 447 g/mol. The first-order valence-electron chi connectivity index (χ1n) is 10.6. The van der Waals surface area contributed by atoms with Gasteiger partial charge >= 0.3 is 0 Å². The van der Waals surface area contributed by atoms with Crippen LogP contribution in [0.4, 0.5) is 5.69 Å². The van der Waals surface area contributed by atoms with Gasteiger partial charge in [-0.3, -0.25) is 14.6 Å². The number of pyridine rings is 1. The number of nitrogens with one attached hydrogen (secondary N) is 1. The molecule has 33 heavy (non-hydrogen) atoms. The third kappa shape index (κ3) is 5.19. The van der Waals surface area contributed by atoms with E-state index in [2.05, 4.69) is 10.3 Å². The number of aliphatic hydroxyl groups excluding tert-OH is 1. The lowest BCUT2D eigenvalue weighted by atomic mass is 9.99. The lowest BCUT2D eigenvalue weighted by Gasteiger charge is -2.38. The summed E-state index contributed by atoms with van der Waals surface area (Å²) in [5, 5.41) is 13.9. The zero-order valence-electron chi connectivity index (χ0n) is 18.2. The lowest BCUT2D eigenvalue weighted by molar-refractivity contribution is -0.155. The summed E-state index contributed by atoms with van der Waals surface area (Å²) >= 11 is 0. The van der Waals surface area contributed by atoms with Gasteiger partial charge in [0, 0.05) is 24.6 Å². The van der Waals surface area contributed by atoms with Gasteiger partial charge in [0.1, 0.15) is 18.5 Å². The van der Waals surface area contributed by atoms with E-state index in [-0.39, 0.29) is 25.0 Å². The molecule has 0 unspecified atom stereocenters. The fourth-order valence-electron chi connectivity index (χ4n) is 3.79. The van der Waals surface area contributed by atoms with Crippen molar-refractivity contribution >= 4 is 17.5 Å². The minimum absolute atomic E-state index is 0.0117. The van der Waals surface area contributed by atoms with E-state index in [1.54, 1.807) is 65.8 Å². The summed E-state index contributed by atoms with van der Waals surface area (Å²) in [5.41, 5.74) is 2.54. The van der Waals surface area contributed by atoms with E-state index in [0.717, 1.165) is 5.56 Å². The normalized spacial score (nSPS) is 16.8. The second-order valence-electron chi connectivity index (χ2n) is 7.68. The molecule has 0 saturated carbocycles. The van der Waals surface area contributed by atoms with Crippen LogP contribution in [0.2, 0.25) is 0 Å². The van der Waals surface area contributed by atoms with Crippen molar-refractivity contribution in [1.82, 2.24) is 9.88 Å². The van der Waals surface area contributed by atoms with Gasteiger partial charge in [-0.2, -0.15) is 0 Å². The number of methoxy groups -OCH3 is 1. The van der Waals surface area contributed by atoms with Gasteiger partial charge in [-0.15, -0.1) is 0 Å². The van der Waals surface area contributed by atoms with Crippen molar-refractivity contribution in [3.8, 4) is 5.75 Å². The molecule has 2 N–H and O–H groups in total. The molecule has 170 valence electrons. The largest absolute Gasteiger partial charge is 0.496 e. The summed E-state index contributed by atoms with van der Waals surface area (Å²) in [4.78, 5) is 30.8. The van der Waals surface area contributed by atoms with E-state index in [9.17, 15) is 14.7 Å². The van der Waals surface area contributed by atoms with E-state index >= 15 is 0 Å². The number of rotatable bonds is 7. The standard InChI is InChI=1S/C25H25N3O5/c1-32-22-5-3-2-4-20(22)25(31)27-19-8-6-18(7-9-19)24(30)21-15-33-16-23(29)28(21)14-17-10-12-26-13-11-17/h2-13,21,24,30H,14-16H2,1H3,(H,27,31)/t21-,24-/m1/s1. The van der Waals surface area contributed by atoms with Gasteiger partial charge in [-0.05, 0) is 47.5 Å². The van der Waals surface area contributed by atoms with Gasteiger partial charge < -0.3 is 24.8 Å². The van der Waals surface area contributed by atoms with Gasteiger partial charge in [0.15, 0.2) is 0 Å². The zero-order chi connectivity index (χ0) is 23.2. The Morgan fingerprint density at radius 3 is 2.64 bits per heavy atom. The van der Waals surface area contributed by atoms with Crippen LogP contribution in [0.25, 0.3) is 0 Å². The molecule has 1 aliphatic rings. The number of morpholine rings is 1. The predicted molar refractivity (Wildman–Crippen MR) is 122 cm³/mol. The highest BCUT2D eigenvalue weighted by molar-refractivity contribution is 6.06. The highest BCUT2D eigenvalue weighted by atomic mass is 16.5.